The van der Waals surface area contributed by atoms with Crippen molar-refractivity contribution in [2.75, 3.05) is 10.6 Å². The van der Waals surface area contributed by atoms with Crippen LogP contribution in [0.1, 0.15) is 45.7 Å². The van der Waals surface area contributed by atoms with Crippen LogP contribution in [0.4, 0.5) is 37.8 Å². The summed E-state index contributed by atoms with van der Waals surface area (Å²) in [4.78, 5) is 12.6. The summed E-state index contributed by atoms with van der Waals surface area (Å²) in [5, 5.41) is 8.58. The van der Waals surface area contributed by atoms with Crippen molar-refractivity contribution in [1.82, 2.24) is 9.78 Å². The minimum Gasteiger partial charge on any atom is -0.363 e. The molecule has 1 aromatic heterocycles. The Labute approximate surface area is 194 Å². The summed E-state index contributed by atoms with van der Waals surface area (Å²) < 4.78 is 82.1. The molecule has 1 aliphatic heterocycles. The lowest BCUT2D eigenvalue weighted by atomic mass is 9.96. The normalized spacial score (nSPS) is 18.2. The Morgan fingerprint density at radius 3 is 2.38 bits per heavy atom. The minimum atomic E-state index is -4.81. The van der Waals surface area contributed by atoms with Gasteiger partial charge in [0.1, 0.15) is 5.82 Å². The van der Waals surface area contributed by atoms with E-state index in [-0.39, 0.29) is 17.3 Å². The van der Waals surface area contributed by atoms with E-state index in [1.807, 2.05) is 6.92 Å². The number of alkyl halides is 6. The van der Waals surface area contributed by atoms with Crippen LogP contribution in [-0.4, -0.2) is 21.9 Å². The van der Waals surface area contributed by atoms with E-state index in [9.17, 15) is 31.1 Å². The van der Waals surface area contributed by atoms with Crippen LogP contribution in [0.3, 0.4) is 0 Å². The number of hydrogen-bond donors (Lipinski definition) is 2. The van der Waals surface area contributed by atoms with E-state index in [1.165, 1.54) is 0 Å². The van der Waals surface area contributed by atoms with Crippen molar-refractivity contribution >= 4 is 29.0 Å². The van der Waals surface area contributed by atoms with Crippen molar-refractivity contribution in [1.29, 1.82) is 0 Å². The zero-order chi connectivity index (χ0) is 24.8. The fourth-order valence-corrected chi connectivity index (χ4v) is 3.92. The van der Waals surface area contributed by atoms with Gasteiger partial charge in [-0.15, -0.1) is 0 Å². The van der Waals surface area contributed by atoms with Gasteiger partial charge in [0.05, 0.1) is 17.3 Å². The molecule has 0 aliphatic carbocycles. The average Bonchev–Trinajstić information content (AvgIpc) is 3.17. The minimum absolute atomic E-state index is 0.0727. The maximum Gasteiger partial charge on any atom is 0.418 e. The lowest BCUT2D eigenvalue weighted by Crippen LogP contribution is -2.35. The van der Waals surface area contributed by atoms with E-state index in [2.05, 4.69) is 15.7 Å². The molecule has 0 fully saturated rings. The molecular weight excluding hydrogens is 486 g/mol. The van der Waals surface area contributed by atoms with Crippen molar-refractivity contribution in [3.8, 4) is 0 Å². The first-order valence-electron chi connectivity index (χ1n) is 10.0. The number of nitrogens with zero attached hydrogens (tertiary/aromatic N) is 2. The topological polar surface area (TPSA) is 59.0 Å². The average molecular weight is 503 g/mol. The number of nitrogens with one attached hydrogen (secondary N) is 2. The van der Waals surface area contributed by atoms with Crippen LogP contribution in [-0.2, 0) is 6.18 Å². The van der Waals surface area contributed by atoms with Crippen LogP contribution >= 0.6 is 11.6 Å². The number of aromatic nitrogens is 2. The molecule has 2 N–H and O–H groups in total. The molecule has 1 aliphatic rings. The van der Waals surface area contributed by atoms with E-state index < -0.39 is 47.3 Å². The summed E-state index contributed by atoms with van der Waals surface area (Å²) in [6.07, 6.45) is -9.86. The van der Waals surface area contributed by atoms with Crippen LogP contribution in [0.2, 0.25) is 5.02 Å². The highest BCUT2D eigenvalue weighted by atomic mass is 35.5. The third-order valence-electron chi connectivity index (χ3n) is 5.44. The van der Waals surface area contributed by atoms with E-state index in [4.69, 9.17) is 11.6 Å². The Bertz CT molecular complexity index is 1220. The molecule has 0 saturated carbocycles. The highest BCUT2D eigenvalue weighted by molar-refractivity contribution is 6.30. The van der Waals surface area contributed by atoms with Crippen LogP contribution < -0.4 is 10.6 Å². The van der Waals surface area contributed by atoms with E-state index in [1.54, 1.807) is 24.3 Å². The van der Waals surface area contributed by atoms with Gasteiger partial charge in [-0.25, -0.2) is 4.68 Å². The van der Waals surface area contributed by atoms with Gasteiger partial charge < -0.3 is 10.6 Å². The third-order valence-corrected chi connectivity index (χ3v) is 5.67. The fourth-order valence-electron chi connectivity index (χ4n) is 3.75. The van der Waals surface area contributed by atoms with Crippen molar-refractivity contribution in [2.45, 2.75) is 37.8 Å². The first-order chi connectivity index (χ1) is 15.8. The van der Waals surface area contributed by atoms with Gasteiger partial charge in [-0.05, 0) is 30.7 Å². The monoisotopic (exact) mass is 502 g/mol. The SMILES string of the molecule is Cc1ccc(C2CC(C(F)(F)F)n3nc(C(=O)Nc4ccc(Cl)cc4C(F)(F)F)cc3N2)cc1. The molecule has 34 heavy (non-hydrogen) atoms. The number of amides is 1. The molecule has 0 spiro atoms. The molecule has 12 heteroatoms. The maximum atomic E-state index is 13.8. The standard InChI is InChI=1S/C22H17ClF6N4O/c1-11-2-4-12(5-3-11)16-9-18(22(27,28)29)33-19(30-16)10-17(32-33)20(34)31-15-7-6-13(23)8-14(15)21(24,25)26/h2-8,10,16,18,30H,9H2,1H3,(H,31,34). The molecule has 2 heterocycles. The number of hydrogen-bond acceptors (Lipinski definition) is 3. The number of aryl methyl sites for hydroxylation is 1. The van der Waals surface area contributed by atoms with E-state index in [0.717, 1.165) is 23.8 Å². The predicted octanol–water partition coefficient (Wildman–Crippen LogP) is 6.78. The summed E-state index contributed by atoms with van der Waals surface area (Å²) in [6, 6.07) is 8.06. The molecule has 0 bridgehead atoms. The molecule has 2 aromatic carbocycles. The second-order valence-corrected chi connectivity index (χ2v) is 8.34. The second-order valence-electron chi connectivity index (χ2n) is 7.90. The van der Waals surface area contributed by atoms with Gasteiger partial charge in [-0.1, -0.05) is 41.4 Å². The summed E-state index contributed by atoms with van der Waals surface area (Å²) in [7, 11) is 0. The van der Waals surface area contributed by atoms with Crippen LogP contribution in [0.15, 0.2) is 48.5 Å². The molecule has 180 valence electrons. The summed E-state index contributed by atoms with van der Waals surface area (Å²) in [6.45, 7) is 1.85. The number of anilines is 2. The Hall–Kier alpha value is -3.21. The molecule has 0 radical (unpaired) electrons. The van der Waals surface area contributed by atoms with Crippen LogP contribution in [0.25, 0.3) is 0 Å². The van der Waals surface area contributed by atoms with Gasteiger partial charge >= 0.3 is 12.4 Å². The second kappa shape index (κ2) is 8.53. The Kier molecular flexibility index (Phi) is 6.01. The first kappa shape index (κ1) is 23.9. The number of benzene rings is 2. The lowest BCUT2D eigenvalue weighted by molar-refractivity contribution is -0.173. The third kappa shape index (κ3) is 4.84. The van der Waals surface area contributed by atoms with E-state index in [0.29, 0.717) is 16.3 Å². The van der Waals surface area contributed by atoms with Crippen LogP contribution in [0, 0.1) is 6.92 Å². The smallest absolute Gasteiger partial charge is 0.363 e. The Morgan fingerprint density at radius 2 is 1.76 bits per heavy atom. The van der Waals surface area contributed by atoms with Gasteiger partial charge in [-0.2, -0.15) is 31.4 Å². The molecule has 3 aromatic rings. The number of carbonyl (C=O) groups is 1. The Balaban J connectivity index is 1.66. The maximum absolute atomic E-state index is 13.8. The van der Waals surface area contributed by atoms with Crippen molar-refractivity contribution in [3.63, 3.8) is 0 Å². The van der Waals surface area contributed by atoms with Crippen molar-refractivity contribution in [3.05, 3.63) is 75.9 Å². The molecule has 1 amide bonds. The predicted molar refractivity (Wildman–Crippen MR) is 114 cm³/mol. The molecule has 4 rings (SSSR count). The zero-order valence-electron chi connectivity index (χ0n) is 17.4. The summed E-state index contributed by atoms with van der Waals surface area (Å²) in [5.41, 5.74) is -0.691. The number of fused-ring (bicyclic) bond motifs is 1. The largest absolute Gasteiger partial charge is 0.418 e. The number of rotatable bonds is 3. The lowest BCUT2D eigenvalue weighted by Gasteiger charge is -2.33. The van der Waals surface area contributed by atoms with Crippen molar-refractivity contribution in [2.24, 2.45) is 0 Å². The Morgan fingerprint density at radius 1 is 1.09 bits per heavy atom. The van der Waals surface area contributed by atoms with Crippen LogP contribution in [0.5, 0.6) is 0 Å². The quantitative estimate of drug-likeness (QED) is 0.388. The molecule has 0 saturated heterocycles. The molecule has 2 atom stereocenters. The van der Waals surface area contributed by atoms with Crippen molar-refractivity contribution < 1.29 is 31.1 Å². The molecule has 5 nitrogen and oxygen atoms in total. The first-order valence-corrected chi connectivity index (χ1v) is 10.4. The number of carbonyl (C=O) groups excluding carboxylic acids is 1. The van der Waals surface area contributed by atoms with Gasteiger partial charge in [-0.3, -0.25) is 4.79 Å². The molecule has 2 unspecified atom stereocenters. The molecular formula is C22H17ClF6N4O. The highest BCUT2D eigenvalue weighted by Crippen LogP contribution is 2.44. The fraction of sp³-hybridized carbons (Fsp3) is 0.273. The highest BCUT2D eigenvalue weighted by Gasteiger charge is 2.47. The summed E-state index contributed by atoms with van der Waals surface area (Å²) >= 11 is 5.63. The number of halogens is 7. The van der Waals surface area contributed by atoms with Gasteiger partial charge in [0.15, 0.2) is 11.7 Å². The van der Waals surface area contributed by atoms with Gasteiger partial charge in [0.2, 0.25) is 0 Å². The summed E-state index contributed by atoms with van der Waals surface area (Å²) in [5.74, 6) is -1.17. The van der Waals surface area contributed by atoms with Gasteiger partial charge in [0.25, 0.3) is 5.91 Å². The zero-order valence-corrected chi connectivity index (χ0v) is 18.2. The van der Waals surface area contributed by atoms with Gasteiger partial charge in [0, 0.05) is 17.5 Å². The van der Waals surface area contributed by atoms with E-state index >= 15 is 0 Å².